The average molecular weight is 476 g/mol. The monoisotopic (exact) mass is 475 g/mol. The Bertz CT molecular complexity index is 1170. The first kappa shape index (κ1) is 23.4. The molecule has 2 aliphatic rings. The lowest BCUT2D eigenvalue weighted by Crippen LogP contribution is -2.40. The summed E-state index contributed by atoms with van der Waals surface area (Å²) >= 11 is 0. The SMILES string of the molecule is COc1cc2ncnc(C3CCN(C(=O)Nc4ccc(C5CCNCC5)cc4)CC3)c2cc1OC. The maximum absolute atomic E-state index is 12.9. The van der Waals surface area contributed by atoms with E-state index in [1.54, 1.807) is 20.5 Å². The Morgan fingerprint density at radius 3 is 2.31 bits per heavy atom. The normalized spacial score (nSPS) is 17.4. The van der Waals surface area contributed by atoms with Crippen LogP contribution in [0.25, 0.3) is 10.9 Å². The van der Waals surface area contributed by atoms with Crippen LogP contribution in [0.5, 0.6) is 11.5 Å². The fourth-order valence-corrected chi connectivity index (χ4v) is 5.28. The summed E-state index contributed by atoms with van der Waals surface area (Å²) in [7, 11) is 3.25. The molecule has 0 aliphatic carbocycles. The predicted molar refractivity (Wildman–Crippen MR) is 136 cm³/mol. The number of nitrogens with one attached hydrogen (secondary N) is 2. The summed E-state index contributed by atoms with van der Waals surface area (Å²) in [4.78, 5) is 23.8. The van der Waals surface area contributed by atoms with Gasteiger partial charge in [-0.25, -0.2) is 14.8 Å². The van der Waals surface area contributed by atoms with Crippen LogP contribution in [0.2, 0.25) is 0 Å². The molecule has 1 aromatic heterocycles. The van der Waals surface area contributed by atoms with Crippen molar-refractivity contribution in [2.45, 2.75) is 37.5 Å². The molecular formula is C27H33N5O3. The molecule has 0 unspecified atom stereocenters. The summed E-state index contributed by atoms with van der Waals surface area (Å²) in [5, 5.41) is 7.46. The summed E-state index contributed by atoms with van der Waals surface area (Å²) in [5.41, 5.74) is 4.04. The Kier molecular flexibility index (Phi) is 6.99. The van der Waals surface area contributed by atoms with Crippen LogP contribution in [0.15, 0.2) is 42.7 Å². The quantitative estimate of drug-likeness (QED) is 0.564. The van der Waals surface area contributed by atoms with Gasteiger partial charge in [0.05, 0.1) is 25.4 Å². The Labute approximate surface area is 206 Å². The van der Waals surface area contributed by atoms with Crippen molar-refractivity contribution in [1.29, 1.82) is 0 Å². The number of hydrogen-bond acceptors (Lipinski definition) is 6. The first-order valence-corrected chi connectivity index (χ1v) is 12.4. The Hall–Kier alpha value is -3.39. The summed E-state index contributed by atoms with van der Waals surface area (Å²) in [5.74, 6) is 2.19. The van der Waals surface area contributed by atoms with E-state index in [1.165, 1.54) is 18.4 Å². The number of likely N-dealkylation sites (tertiary alicyclic amines) is 1. The molecule has 0 radical (unpaired) electrons. The number of carbonyl (C=O) groups excluding carboxylic acids is 1. The van der Waals surface area contributed by atoms with E-state index in [0.29, 0.717) is 30.5 Å². The minimum atomic E-state index is -0.0444. The minimum absolute atomic E-state index is 0.0444. The number of anilines is 1. The van der Waals surface area contributed by atoms with E-state index in [9.17, 15) is 4.79 Å². The van der Waals surface area contributed by atoms with Crippen molar-refractivity contribution in [2.75, 3.05) is 45.7 Å². The molecular weight excluding hydrogens is 442 g/mol. The highest BCUT2D eigenvalue weighted by molar-refractivity contribution is 5.89. The van der Waals surface area contributed by atoms with Gasteiger partial charge in [-0.1, -0.05) is 12.1 Å². The topological polar surface area (TPSA) is 88.6 Å². The van der Waals surface area contributed by atoms with Crippen molar-refractivity contribution in [1.82, 2.24) is 20.2 Å². The molecule has 3 heterocycles. The van der Waals surface area contributed by atoms with Crippen LogP contribution in [-0.4, -0.2) is 61.3 Å². The van der Waals surface area contributed by atoms with Crippen molar-refractivity contribution in [2.24, 2.45) is 0 Å². The second-order valence-corrected chi connectivity index (χ2v) is 9.32. The standard InChI is InChI=1S/C27H33N5O3/c1-34-24-15-22-23(16-25(24)35-2)29-17-30-26(22)20-9-13-32(14-10-20)27(33)31-21-5-3-18(4-6-21)19-7-11-28-12-8-19/h3-6,15-17,19-20,28H,7-14H2,1-2H3,(H,31,33). The molecule has 0 saturated carbocycles. The number of ether oxygens (including phenoxy) is 2. The second kappa shape index (κ2) is 10.5. The third-order valence-electron chi connectivity index (χ3n) is 7.31. The number of nitrogens with zero attached hydrogens (tertiary/aromatic N) is 3. The number of hydrogen-bond donors (Lipinski definition) is 2. The van der Waals surface area contributed by atoms with Gasteiger partial charge in [0.2, 0.25) is 0 Å². The Morgan fingerprint density at radius 2 is 1.63 bits per heavy atom. The number of rotatable bonds is 5. The van der Waals surface area contributed by atoms with Crippen LogP contribution in [0.1, 0.15) is 48.8 Å². The number of benzene rings is 2. The molecule has 2 aliphatic heterocycles. The average Bonchev–Trinajstić information content (AvgIpc) is 2.93. The van der Waals surface area contributed by atoms with Crippen molar-refractivity contribution in [3.63, 3.8) is 0 Å². The van der Waals surface area contributed by atoms with E-state index < -0.39 is 0 Å². The smallest absolute Gasteiger partial charge is 0.321 e. The highest BCUT2D eigenvalue weighted by Crippen LogP contribution is 2.36. The summed E-state index contributed by atoms with van der Waals surface area (Å²) < 4.78 is 10.9. The molecule has 2 N–H and O–H groups in total. The summed E-state index contributed by atoms with van der Waals surface area (Å²) in [6.07, 6.45) is 5.65. The largest absolute Gasteiger partial charge is 0.493 e. The molecule has 0 spiro atoms. The fourth-order valence-electron chi connectivity index (χ4n) is 5.28. The minimum Gasteiger partial charge on any atom is -0.493 e. The third-order valence-corrected chi connectivity index (χ3v) is 7.31. The zero-order valence-corrected chi connectivity index (χ0v) is 20.4. The van der Waals surface area contributed by atoms with Gasteiger partial charge in [0.25, 0.3) is 0 Å². The van der Waals surface area contributed by atoms with Gasteiger partial charge in [-0.3, -0.25) is 0 Å². The molecule has 8 nitrogen and oxygen atoms in total. The van der Waals surface area contributed by atoms with Gasteiger partial charge in [0, 0.05) is 36.1 Å². The van der Waals surface area contributed by atoms with Gasteiger partial charge >= 0.3 is 6.03 Å². The van der Waals surface area contributed by atoms with E-state index in [2.05, 4.69) is 32.7 Å². The fraction of sp³-hybridized carbons (Fsp3) is 0.444. The number of aromatic nitrogens is 2. The summed E-state index contributed by atoms with van der Waals surface area (Å²) in [6, 6.07) is 12.2. The van der Waals surface area contributed by atoms with E-state index >= 15 is 0 Å². The second-order valence-electron chi connectivity index (χ2n) is 9.32. The highest BCUT2D eigenvalue weighted by Gasteiger charge is 2.26. The summed E-state index contributed by atoms with van der Waals surface area (Å²) in [6.45, 7) is 3.52. The van der Waals surface area contributed by atoms with Crippen LogP contribution in [0, 0.1) is 0 Å². The molecule has 8 heteroatoms. The molecule has 184 valence electrons. The maximum atomic E-state index is 12.9. The Balaban J connectivity index is 1.22. The van der Waals surface area contributed by atoms with Gasteiger partial charge in [-0.15, -0.1) is 0 Å². The van der Waals surface area contributed by atoms with E-state index in [1.807, 2.05) is 29.2 Å². The number of amides is 2. The van der Waals surface area contributed by atoms with Gasteiger partial charge in [0.15, 0.2) is 11.5 Å². The number of urea groups is 1. The first-order valence-electron chi connectivity index (χ1n) is 12.4. The lowest BCUT2D eigenvalue weighted by molar-refractivity contribution is 0.194. The zero-order chi connectivity index (χ0) is 24.2. The zero-order valence-electron chi connectivity index (χ0n) is 20.4. The highest BCUT2D eigenvalue weighted by atomic mass is 16.5. The molecule has 0 atom stereocenters. The van der Waals surface area contributed by atoms with Gasteiger partial charge in [0.1, 0.15) is 6.33 Å². The Morgan fingerprint density at radius 1 is 0.943 bits per heavy atom. The lowest BCUT2D eigenvalue weighted by atomic mass is 9.90. The van der Waals surface area contributed by atoms with Crippen molar-refractivity contribution >= 4 is 22.6 Å². The lowest BCUT2D eigenvalue weighted by Gasteiger charge is -2.32. The van der Waals surface area contributed by atoms with Gasteiger partial charge < -0.3 is 25.0 Å². The van der Waals surface area contributed by atoms with E-state index in [-0.39, 0.29) is 11.9 Å². The number of fused-ring (bicyclic) bond motifs is 1. The molecule has 5 rings (SSSR count). The van der Waals surface area contributed by atoms with Crippen LogP contribution in [-0.2, 0) is 0 Å². The third kappa shape index (κ3) is 5.03. The molecule has 2 fully saturated rings. The van der Waals surface area contributed by atoms with Crippen LogP contribution >= 0.6 is 0 Å². The van der Waals surface area contributed by atoms with Gasteiger partial charge in [-0.05, 0) is 68.5 Å². The molecule has 2 amide bonds. The van der Waals surface area contributed by atoms with E-state index in [4.69, 9.17) is 9.47 Å². The predicted octanol–water partition coefficient (Wildman–Crippen LogP) is 4.53. The molecule has 2 saturated heterocycles. The molecule has 0 bridgehead atoms. The maximum Gasteiger partial charge on any atom is 0.321 e. The van der Waals surface area contributed by atoms with Crippen LogP contribution in [0.4, 0.5) is 10.5 Å². The van der Waals surface area contributed by atoms with Gasteiger partial charge in [-0.2, -0.15) is 0 Å². The van der Waals surface area contributed by atoms with Crippen molar-refractivity contribution in [3.05, 3.63) is 54.0 Å². The van der Waals surface area contributed by atoms with Crippen molar-refractivity contribution < 1.29 is 14.3 Å². The van der Waals surface area contributed by atoms with E-state index in [0.717, 1.165) is 48.2 Å². The van der Waals surface area contributed by atoms with Crippen molar-refractivity contribution in [3.8, 4) is 11.5 Å². The number of piperidine rings is 2. The number of methoxy groups -OCH3 is 2. The van der Waals surface area contributed by atoms with Crippen LogP contribution < -0.4 is 20.1 Å². The molecule has 2 aromatic carbocycles. The molecule has 3 aromatic rings. The molecule has 35 heavy (non-hydrogen) atoms. The first-order chi connectivity index (χ1) is 17.2. The van der Waals surface area contributed by atoms with Crippen LogP contribution in [0.3, 0.4) is 0 Å². The number of carbonyl (C=O) groups is 1.